The third kappa shape index (κ3) is 2.75. The number of hydrogen-bond acceptors (Lipinski definition) is 9. The summed E-state index contributed by atoms with van der Waals surface area (Å²) in [6.45, 7) is 0. The lowest BCUT2D eigenvalue weighted by Crippen LogP contribution is -2.66. The predicted molar refractivity (Wildman–Crippen MR) is 111 cm³/mol. The van der Waals surface area contributed by atoms with Crippen LogP contribution in [0.15, 0.2) is 35.1 Å². The van der Waals surface area contributed by atoms with Gasteiger partial charge in [0, 0.05) is 17.4 Å². The highest BCUT2D eigenvalue weighted by molar-refractivity contribution is 6.24. The SMILES string of the molecule is CN(C)[C@@H]1C(=O)C(C(N)=O)=C(O)[C@@]2(O)C(=O)C3=C(O)c4c(O)cccc4C(C(=O)O)[C@H]3C[C@@H]12. The largest absolute Gasteiger partial charge is 0.508 e. The van der Waals surface area contributed by atoms with Gasteiger partial charge in [0.2, 0.25) is 5.78 Å². The summed E-state index contributed by atoms with van der Waals surface area (Å²) in [5.41, 5.74) is 0.762. The molecule has 1 amide bonds. The van der Waals surface area contributed by atoms with Crippen molar-refractivity contribution in [2.75, 3.05) is 14.1 Å². The second-order valence-electron chi connectivity index (χ2n) is 8.72. The molecule has 0 bridgehead atoms. The molecule has 4 rings (SSSR count). The van der Waals surface area contributed by atoms with Crippen LogP contribution in [0, 0.1) is 11.8 Å². The number of amides is 1. The van der Waals surface area contributed by atoms with Gasteiger partial charge in [0.1, 0.15) is 22.8 Å². The van der Waals surface area contributed by atoms with Crippen LogP contribution < -0.4 is 5.73 Å². The first kappa shape index (κ1) is 22.5. The number of phenolic OH excluding ortho intramolecular Hbond substituents is 1. The predicted octanol–water partition coefficient (Wildman–Crippen LogP) is -0.410. The minimum Gasteiger partial charge on any atom is -0.508 e. The van der Waals surface area contributed by atoms with Gasteiger partial charge in [0.05, 0.1) is 17.5 Å². The van der Waals surface area contributed by atoms with Gasteiger partial charge in [-0.3, -0.25) is 24.1 Å². The molecular formula is C22H22N2O9. The van der Waals surface area contributed by atoms with E-state index in [1.54, 1.807) is 0 Å². The fraction of sp³-hybridized carbons (Fsp3) is 0.364. The number of fused-ring (bicyclic) bond motifs is 3. The van der Waals surface area contributed by atoms with Gasteiger partial charge in [-0.05, 0) is 32.1 Å². The van der Waals surface area contributed by atoms with Crippen molar-refractivity contribution in [3.63, 3.8) is 0 Å². The number of benzene rings is 1. The smallest absolute Gasteiger partial charge is 0.311 e. The standard InChI is InChI=1S/C22H22N2O9/c1-24(2)15-9-6-8-11(21(31)32)7-4-3-5-10(25)12(7)16(26)13(8)18(28)22(9,33)19(29)14(17(15)27)20(23)30/h3-5,8-9,11,15,25-26,29,33H,6H2,1-2H3,(H2,23,30)(H,31,32)/t8-,9+,11?,15+,22+/m1/s1. The number of rotatable bonds is 3. The molecule has 0 radical (unpaired) electrons. The van der Waals surface area contributed by atoms with Crippen molar-refractivity contribution in [3.05, 3.63) is 46.2 Å². The van der Waals surface area contributed by atoms with E-state index in [-0.39, 0.29) is 17.5 Å². The van der Waals surface area contributed by atoms with Crippen LogP contribution in [0.3, 0.4) is 0 Å². The number of carboxylic acids is 1. The van der Waals surface area contributed by atoms with E-state index in [9.17, 15) is 44.7 Å². The number of ketones is 2. The molecule has 1 aromatic rings. The van der Waals surface area contributed by atoms with E-state index in [0.29, 0.717) is 0 Å². The minimum absolute atomic E-state index is 0.0631. The molecule has 1 fully saturated rings. The molecule has 0 saturated heterocycles. The number of nitrogens with two attached hydrogens (primary N) is 1. The first-order valence-corrected chi connectivity index (χ1v) is 10.0. The summed E-state index contributed by atoms with van der Waals surface area (Å²) in [6, 6.07) is 2.69. The average molecular weight is 458 g/mol. The molecule has 174 valence electrons. The number of likely N-dealkylation sites (N-methyl/N-ethyl adjacent to an activating group) is 1. The zero-order valence-corrected chi connectivity index (χ0v) is 17.6. The summed E-state index contributed by atoms with van der Waals surface area (Å²) in [7, 11) is 2.92. The molecule has 3 aliphatic carbocycles. The summed E-state index contributed by atoms with van der Waals surface area (Å²) in [6.07, 6.45) is -0.307. The number of carbonyl (C=O) groups is 4. The number of carboxylic acid groups (broad SMARTS) is 1. The third-order valence-corrected chi connectivity index (χ3v) is 6.87. The molecule has 3 aliphatic rings. The fourth-order valence-electron chi connectivity index (χ4n) is 5.53. The Balaban J connectivity index is 2.05. The molecule has 33 heavy (non-hydrogen) atoms. The topological polar surface area (TPSA) is 199 Å². The first-order valence-electron chi connectivity index (χ1n) is 10.0. The number of aliphatic hydroxyl groups excluding tert-OH is 2. The zero-order chi connectivity index (χ0) is 24.6. The molecule has 1 aromatic carbocycles. The molecule has 11 nitrogen and oxygen atoms in total. The van der Waals surface area contributed by atoms with E-state index in [2.05, 4.69) is 0 Å². The molecule has 0 aliphatic heterocycles. The molecule has 1 saturated carbocycles. The van der Waals surface area contributed by atoms with Crippen LogP contribution in [0.4, 0.5) is 0 Å². The quantitative estimate of drug-likeness (QED) is 0.324. The van der Waals surface area contributed by atoms with Crippen molar-refractivity contribution in [3.8, 4) is 5.75 Å². The van der Waals surface area contributed by atoms with Crippen molar-refractivity contribution in [1.82, 2.24) is 4.90 Å². The number of phenols is 1. The highest BCUT2D eigenvalue weighted by Gasteiger charge is 2.65. The highest BCUT2D eigenvalue weighted by Crippen LogP contribution is 2.56. The average Bonchev–Trinajstić information content (AvgIpc) is 2.70. The fourth-order valence-corrected chi connectivity index (χ4v) is 5.53. The van der Waals surface area contributed by atoms with Gasteiger partial charge in [-0.15, -0.1) is 0 Å². The number of aromatic hydroxyl groups is 1. The molecule has 0 heterocycles. The van der Waals surface area contributed by atoms with Gasteiger partial charge in [0.15, 0.2) is 11.4 Å². The van der Waals surface area contributed by atoms with Crippen LogP contribution in [-0.4, -0.2) is 79.6 Å². The maximum atomic E-state index is 13.7. The molecular weight excluding hydrogens is 436 g/mol. The number of carbonyl (C=O) groups excluding carboxylic acids is 3. The van der Waals surface area contributed by atoms with Gasteiger partial charge in [-0.2, -0.15) is 0 Å². The van der Waals surface area contributed by atoms with E-state index >= 15 is 0 Å². The van der Waals surface area contributed by atoms with Crippen LogP contribution >= 0.6 is 0 Å². The summed E-state index contributed by atoms with van der Waals surface area (Å²) in [5.74, 6) is -11.3. The Kier molecular flexibility index (Phi) is 4.88. The van der Waals surface area contributed by atoms with Gasteiger partial charge in [-0.1, -0.05) is 12.1 Å². The van der Waals surface area contributed by atoms with Crippen molar-refractivity contribution < 1.29 is 44.7 Å². The number of hydrogen-bond donors (Lipinski definition) is 6. The number of Topliss-reactive ketones (excluding diaryl/α,β-unsaturated/α-hetero) is 2. The van der Waals surface area contributed by atoms with Crippen LogP contribution in [0.25, 0.3) is 5.76 Å². The van der Waals surface area contributed by atoms with E-state index < -0.39 is 81.3 Å². The first-order chi connectivity index (χ1) is 15.3. The lowest BCUT2D eigenvalue weighted by molar-refractivity contribution is -0.155. The Bertz CT molecular complexity index is 1200. The normalized spacial score (nSPS) is 31.3. The van der Waals surface area contributed by atoms with E-state index in [1.807, 2.05) is 0 Å². The molecule has 1 unspecified atom stereocenters. The zero-order valence-electron chi connectivity index (χ0n) is 17.6. The molecule has 0 aromatic heterocycles. The lowest BCUT2D eigenvalue weighted by Gasteiger charge is -2.51. The number of primary amides is 1. The number of aliphatic carboxylic acids is 1. The number of nitrogens with zero attached hydrogens (tertiary/aromatic N) is 1. The summed E-state index contributed by atoms with van der Waals surface area (Å²) >= 11 is 0. The number of aliphatic hydroxyl groups is 3. The Hall–Kier alpha value is -3.70. The Morgan fingerprint density at radius 3 is 2.33 bits per heavy atom. The highest BCUT2D eigenvalue weighted by atomic mass is 16.4. The Morgan fingerprint density at radius 1 is 1.15 bits per heavy atom. The molecule has 5 atom stereocenters. The van der Waals surface area contributed by atoms with Gasteiger partial charge in [-0.25, -0.2) is 0 Å². The lowest BCUT2D eigenvalue weighted by atomic mass is 9.55. The Labute approximate surface area is 187 Å². The van der Waals surface area contributed by atoms with Crippen LogP contribution in [0.1, 0.15) is 23.5 Å². The van der Waals surface area contributed by atoms with Crippen molar-refractivity contribution >= 4 is 29.2 Å². The molecule has 7 N–H and O–H groups in total. The third-order valence-electron chi connectivity index (χ3n) is 6.87. The summed E-state index contributed by atoms with van der Waals surface area (Å²) in [5, 5.41) is 53.4. The summed E-state index contributed by atoms with van der Waals surface area (Å²) < 4.78 is 0. The maximum absolute atomic E-state index is 13.7. The maximum Gasteiger partial charge on any atom is 0.311 e. The van der Waals surface area contributed by atoms with Crippen molar-refractivity contribution in [2.45, 2.75) is 24.0 Å². The van der Waals surface area contributed by atoms with Crippen LogP contribution in [-0.2, 0) is 19.2 Å². The van der Waals surface area contributed by atoms with E-state index in [4.69, 9.17) is 5.73 Å². The van der Waals surface area contributed by atoms with E-state index in [1.165, 1.54) is 37.2 Å². The second-order valence-corrected chi connectivity index (χ2v) is 8.72. The van der Waals surface area contributed by atoms with Crippen molar-refractivity contribution in [1.29, 1.82) is 0 Å². The van der Waals surface area contributed by atoms with E-state index in [0.717, 1.165) is 0 Å². The van der Waals surface area contributed by atoms with Gasteiger partial charge >= 0.3 is 5.97 Å². The second kappa shape index (κ2) is 7.15. The van der Waals surface area contributed by atoms with Crippen molar-refractivity contribution in [2.24, 2.45) is 17.6 Å². The van der Waals surface area contributed by atoms with Gasteiger partial charge in [0.25, 0.3) is 5.91 Å². The molecule has 0 spiro atoms. The molecule has 11 heteroatoms. The van der Waals surface area contributed by atoms with Crippen LogP contribution in [0.2, 0.25) is 0 Å². The minimum atomic E-state index is -2.82. The monoisotopic (exact) mass is 458 g/mol. The summed E-state index contributed by atoms with van der Waals surface area (Å²) in [4.78, 5) is 52.2. The van der Waals surface area contributed by atoms with Crippen LogP contribution in [0.5, 0.6) is 5.75 Å². The Morgan fingerprint density at radius 2 is 1.79 bits per heavy atom. The van der Waals surface area contributed by atoms with Gasteiger partial charge < -0.3 is 31.3 Å².